The molecule has 0 aliphatic rings. The van der Waals surface area contributed by atoms with Crippen LogP contribution in [0.15, 0.2) is 18.2 Å². The molecule has 2 nitrogen and oxygen atoms in total. The van der Waals surface area contributed by atoms with E-state index in [1.807, 2.05) is 0 Å². The maximum Gasteiger partial charge on any atom is 0.119 e. The number of halogens is 1. The summed E-state index contributed by atoms with van der Waals surface area (Å²) in [7, 11) is 0. The molecule has 0 fully saturated rings. The van der Waals surface area contributed by atoms with Crippen LogP contribution in [0.4, 0.5) is 0 Å². The van der Waals surface area contributed by atoms with E-state index in [9.17, 15) is 10.2 Å². The highest BCUT2D eigenvalue weighted by atomic mass is 127. The van der Waals surface area contributed by atoms with Crippen LogP contribution in [-0.4, -0.2) is 14.1 Å². The number of aromatic hydroxyl groups is 2. The minimum absolute atomic E-state index is 0.141. The number of hydrogen-bond acceptors (Lipinski definition) is 2. The molecule has 2 unspecified atom stereocenters. The first-order valence-electron chi connectivity index (χ1n) is 5.57. The first-order chi connectivity index (χ1) is 7.40. The Balaban J connectivity index is 3.00. The van der Waals surface area contributed by atoms with E-state index >= 15 is 0 Å². The summed E-state index contributed by atoms with van der Waals surface area (Å²) in [5.74, 6) is 1.16. The van der Waals surface area contributed by atoms with Crippen molar-refractivity contribution in [1.29, 1.82) is 0 Å². The van der Waals surface area contributed by atoms with Crippen molar-refractivity contribution in [3.05, 3.63) is 23.8 Å². The highest BCUT2D eigenvalue weighted by Gasteiger charge is 2.19. The van der Waals surface area contributed by atoms with Gasteiger partial charge in [-0.25, -0.2) is 0 Å². The van der Waals surface area contributed by atoms with Gasteiger partial charge in [-0.2, -0.15) is 0 Å². The highest BCUT2D eigenvalue weighted by molar-refractivity contribution is 14.1. The summed E-state index contributed by atoms with van der Waals surface area (Å²) in [6, 6.07) is 4.88. The van der Waals surface area contributed by atoms with Gasteiger partial charge in [0.15, 0.2) is 0 Å². The molecule has 0 aromatic heterocycles. The van der Waals surface area contributed by atoms with E-state index in [0.717, 1.165) is 12.0 Å². The minimum Gasteiger partial charge on any atom is -0.508 e. The van der Waals surface area contributed by atoms with Gasteiger partial charge in [0, 0.05) is 9.99 Å². The largest absolute Gasteiger partial charge is 0.508 e. The van der Waals surface area contributed by atoms with Crippen LogP contribution >= 0.6 is 22.6 Å². The fourth-order valence-electron chi connectivity index (χ4n) is 1.98. The van der Waals surface area contributed by atoms with Crippen molar-refractivity contribution in [2.24, 2.45) is 5.92 Å². The van der Waals surface area contributed by atoms with Crippen LogP contribution in [0.2, 0.25) is 0 Å². The SMILES string of the molecule is CC(I)CC(c1cc(O)cc(O)c1)C(C)C. The van der Waals surface area contributed by atoms with E-state index in [1.165, 1.54) is 6.07 Å². The topological polar surface area (TPSA) is 40.5 Å². The van der Waals surface area contributed by atoms with Gasteiger partial charge in [0.05, 0.1) is 0 Å². The first kappa shape index (κ1) is 13.6. The molecule has 1 aromatic rings. The first-order valence-corrected chi connectivity index (χ1v) is 6.81. The molecular formula is C13H19IO2. The van der Waals surface area contributed by atoms with Crippen molar-refractivity contribution in [3.63, 3.8) is 0 Å². The smallest absolute Gasteiger partial charge is 0.119 e. The third-order valence-corrected chi connectivity index (χ3v) is 3.25. The molecule has 1 rings (SSSR count). The Labute approximate surface area is 111 Å². The fourth-order valence-corrected chi connectivity index (χ4v) is 2.52. The third kappa shape index (κ3) is 3.85. The van der Waals surface area contributed by atoms with Crippen molar-refractivity contribution in [1.82, 2.24) is 0 Å². The lowest BCUT2D eigenvalue weighted by molar-refractivity contribution is 0.436. The summed E-state index contributed by atoms with van der Waals surface area (Å²) in [4.78, 5) is 0. The number of phenols is 2. The van der Waals surface area contributed by atoms with Crippen molar-refractivity contribution in [2.45, 2.75) is 37.0 Å². The van der Waals surface area contributed by atoms with Gasteiger partial charge in [-0.05, 0) is 36.0 Å². The molecule has 16 heavy (non-hydrogen) atoms. The lowest BCUT2D eigenvalue weighted by atomic mass is 9.85. The van der Waals surface area contributed by atoms with Crippen molar-refractivity contribution in [3.8, 4) is 11.5 Å². The molecule has 0 aliphatic heterocycles. The Morgan fingerprint density at radius 1 is 1.06 bits per heavy atom. The lowest BCUT2D eigenvalue weighted by Crippen LogP contribution is -2.10. The standard InChI is InChI=1S/C13H19IO2/c1-8(2)13(4-9(3)14)10-5-11(15)7-12(16)6-10/h5-9,13,15-16H,4H2,1-3H3. The van der Waals surface area contributed by atoms with Crippen LogP contribution in [0.5, 0.6) is 11.5 Å². The Bertz CT molecular complexity index is 328. The van der Waals surface area contributed by atoms with Crippen LogP contribution in [0.1, 0.15) is 38.7 Å². The summed E-state index contributed by atoms with van der Waals surface area (Å²) in [6.07, 6.45) is 1.06. The van der Waals surface area contributed by atoms with Crippen molar-refractivity contribution >= 4 is 22.6 Å². The molecule has 1 aromatic carbocycles. The Morgan fingerprint density at radius 2 is 1.56 bits per heavy atom. The summed E-state index contributed by atoms with van der Waals surface area (Å²) in [5, 5.41) is 19.0. The maximum atomic E-state index is 9.50. The predicted octanol–water partition coefficient (Wildman–Crippen LogP) is 4.05. The molecule has 0 saturated heterocycles. The molecule has 3 heteroatoms. The molecule has 0 spiro atoms. The number of phenolic OH excluding ortho intramolecular Hbond substituents is 2. The lowest BCUT2D eigenvalue weighted by Gasteiger charge is -2.23. The van der Waals surface area contributed by atoms with Gasteiger partial charge in [-0.1, -0.05) is 43.4 Å². The number of rotatable bonds is 4. The quantitative estimate of drug-likeness (QED) is 0.644. The second-order valence-electron chi connectivity index (χ2n) is 4.65. The van der Waals surface area contributed by atoms with Gasteiger partial charge < -0.3 is 10.2 Å². The van der Waals surface area contributed by atoms with Gasteiger partial charge in [0.2, 0.25) is 0 Å². The van der Waals surface area contributed by atoms with Gasteiger partial charge in [-0.3, -0.25) is 0 Å². The molecule has 0 amide bonds. The van der Waals surface area contributed by atoms with Gasteiger partial charge in [0.25, 0.3) is 0 Å². The molecule has 90 valence electrons. The number of hydrogen-bond donors (Lipinski definition) is 2. The molecule has 0 saturated carbocycles. The van der Waals surface area contributed by atoms with Crippen molar-refractivity contribution in [2.75, 3.05) is 0 Å². The van der Waals surface area contributed by atoms with Crippen LogP contribution in [0.3, 0.4) is 0 Å². The monoisotopic (exact) mass is 334 g/mol. The summed E-state index contributed by atoms with van der Waals surface area (Å²) < 4.78 is 0.578. The molecule has 0 aliphatic carbocycles. The second-order valence-corrected chi connectivity index (χ2v) is 6.78. The van der Waals surface area contributed by atoms with Gasteiger partial charge in [0.1, 0.15) is 11.5 Å². The second kappa shape index (κ2) is 5.75. The van der Waals surface area contributed by atoms with E-state index in [-0.39, 0.29) is 11.5 Å². The molecule has 0 heterocycles. The Morgan fingerprint density at radius 3 is 1.94 bits per heavy atom. The van der Waals surface area contributed by atoms with E-state index < -0.39 is 0 Å². The van der Waals surface area contributed by atoms with Gasteiger partial charge >= 0.3 is 0 Å². The van der Waals surface area contributed by atoms with Gasteiger partial charge in [-0.15, -0.1) is 0 Å². The third-order valence-electron chi connectivity index (χ3n) is 2.74. The Kier molecular flexibility index (Phi) is 4.89. The van der Waals surface area contributed by atoms with E-state index in [0.29, 0.717) is 15.8 Å². The fraction of sp³-hybridized carbons (Fsp3) is 0.538. The zero-order chi connectivity index (χ0) is 12.3. The molecular weight excluding hydrogens is 315 g/mol. The summed E-state index contributed by atoms with van der Waals surface area (Å²) >= 11 is 2.41. The minimum atomic E-state index is 0.141. The van der Waals surface area contributed by atoms with Crippen LogP contribution < -0.4 is 0 Å². The average molecular weight is 334 g/mol. The maximum absolute atomic E-state index is 9.50. The zero-order valence-corrected chi connectivity index (χ0v) is 12.1. The molecule has 0 bridgehead atoms. The number of alkyl halides is 1. The van der Waals surface area contributed by atoms with Crippen LogP contribution in [0.25, 0.3) is 0 Å². The molecule has 0 radical (unpaired) electrons. The van der Waals surface area contributed by atoms with Crippen molar-refractivity contribution < 1.29 is 10.2 Å². The highest BCUT2D eigenvalue weighted by Crippen LogP contribution is 2.34. The van der Waals surface area contributed by atoms with E-state index in [1.54, 1.807) is 12.1 Å². The molecule has 2 N–H and O–H groups in total. The van der Waals surface area contributed by atoms with E-state index in [4.69, 9.17) is 0 Å². The summed E-state index contributed by atoms with van der Waals surface area (Å²) in [6.45, 7) is 6.52. The van der Waals surface area contributed by atoms with Crippen LogP contribution in [-0.2, 0) is 0 Å². The summed E-state index contributed by atoms with van der Waals surface area (Å²) in [5.41, 5.74) is 1.02. The van der Waals surface area contributed by atoms with Crippen LogP contribution in [0, 0.1) is 5.92 Å². The number of benzene rings is 1. The van der Waals surface area contributed by atoms with E-state index in [2.05, 4.69) is 43.4 Å². The average Bonchev–Trinajstić information content (AvgIpc) is 2.11. The zero-order valence-electron chi connectivity index (χ0n) is 9.94. The predicted molar refractivity (Wildman–Crippen MR) is 75.4 cm³/mol. The normalized spacial score (nSPS) is 15.1. The molecule has 2 atom stereocenters. The Hall–Kier alpha value is -0.450.